The lowest BCUT2D eigenvalue weighted by Crippen LogP contribution is -2.57. The van der Waals surface area contributed by atoms with E-state index in [2.05, 4.69) is 33.2 Å². The minimum absolute atomic E-state index is 0.0694. The molecule has 1 atom stereocenters. The number of hydrogen-bond donors (Lipinski definition) is 2. The van der Waals surface area contributed by atoms with Crippen molar-refractivity contribution in [1.82, 2.24) is 24.9 Å². The molecular formula is C38H43N5O5. The van der Waals surface area contributed by atoms with Gasteiger partial charge in [0.15, 0.2) is 0 Å². The van der Waals surface area contributed by atoms with Crippen LogP contribution in [0.4, 0.5) is 0 Å². The fourth-order valence-corrected chi connectivity index (χ4v) is 6.80. The number of aromatic amines is 2. The van der Waals surface area contributed by atoms with Crippen molar-refractivity contribution in [2.75, 3.05) is 41.0 Å². The van der Waals surface area contributed by atoms with E-state index in [1.165, 1.54) is 5.57 Å². The second kappa shape index (κ2) is 14.3. The number of ether oxygens (including phenoxy) is 3. The first-order chi connectivity index (χ1) is 23.3. The highest BCUT2D eigenvalue weighted by Crippen LogP contribution is 2.33. The number of nitrogens with one attached hydrogen (secondary N) is 2. The highest BCUT2D eigenvalue weighted by Gasteiger charge is 2.32. The summed E-state index contributed by atoms with van der Waals surface area (Å²) in [5, 5.41) is 6.21. The molecule has 2 amide bonds. The number of fused-ring (bicyclic) bond motifs is 2. The summed E-state index contributed by atoms with van der Waals surface area (Å²) in [6, 6.07) is 19.5. The summed E-state index contributed by atoms with van der Waals surface area (Å²) in [4.78, 5) is 35.4. The molecule has 2 N–H and O–H groups in total. The molecule has 0 bridgehead atoms. The number of methoxy groups -OCH3 is 3. The molecule has 0 radical (unpaired) electrons. The van der Waals surface area contributed by atoms with Gasteiger partial charge < -0.3 is 29.1 Å². The second-order valence-corrected chi connectivity index (χ2v) is 12.2. The van der Waals surface area contributed by atoms with Crippen molar-refractivity contribution in [2.45, 2.75) is 39.3 Å². The molecule has 0 fully saturated rings. The highest BCUT2D eigenvalue weighted by atomic mass is 16.5. The predicted molar refractivity (Wildman–Crippen MR) is 188 cm³/mol. The lowest BCUT2D eigenvalue weighted by Gasteiger charge is -2.43. The SMILES string of the molecule is COc1cc(CN(C[C@@H](Cc2c[nH]c3ccccc23)N(C(C)=O)N2CC=C(c3c[nH]c4ccc(OC)cc34)CC2)C(C)=O)cc(OC)c1. The fraction of sp³-hybridized carbons (Fsp3) is 0.316. The Morgan fingerprint density at radius 1 is 0.833 bits per heavy atom. The molecule has 48 heavy (non-hydrogen) atoms. The Morgan fingerprint density at radius 2 is 1.54 bits per heavy atom. The lowest BCUT2D eigenvalue weighted by atomic mass is 9.99. The Morgan fingerprint density at radius 3 is 2.21 bits per heavy atom. The third kappa shape index (κ3) is 6.89. The molecule has 0 aliphatic carbocycles. The Balaban J connectivity index is 1.32. The van der Waals surface area contributed by atoms with Gasteiger partial charge >= 0.3 is 0 Å². The van der Waals surface area contributed by atoms with Crippen molar-refractivity contribution in [2.24, 2.45) is 0 Å². The maximum Gasteiger partial charge on any atom is 0.234 e. The van der Waals surface area contributed by atoms with Crippen molar-refractivity contribution < 1.29 is 23.8 Å². The van der Waals surface area contributed by atoms with Crippen LogP contribution in [0.2, 0.25) is 0 Å². The van der Waals surface area contributed by atoms with E-state index >= 15 is 0 Å². The van der Waals surface area contributed by atoms with Gasteiger partial charge in [0.2, 0.25) is 11.8 Å². The average Bonchev–Trinajstić information content (AvgIpc) is 3.71. The van der Waals surface area contributed by atoms with Crippen LogP contribution in [0.3, 0.4) is 0 Å². The minimum atomic E-state index is -0.328. The number of carbonyl (C=O) groups excluding carboxylic acids is 2. The van der Waals surface area contributed by atoms with Crippen molar-refractivity contribution >= 4 is 39.2 Å². The molecule has 3 aromatic carbocycles. The second-order valence-electron chi connectivity index (χ2n) is 12.2. The van der Waals surface area contributed by atoms with E-state index in [1.807, 2.05) is 65.9 Å². The summed E-state index contributed by atoms with van der Waals surface area (Å²) >= 11 is 0. The largest absolute Gasteiger partial charge is 0.497 e. The average molecular weight is 650 g/mol. The van der Waals surface area contributed by atoms with Gasteiger partial charge in [-0.3, -0.25) is 14.6 Å². The van der Waals surface area contributed by atoms with E-state index in [0.717, 1.165) is 50.7 Å². The third-order valence-electron chi connectivity index (χ3n) is 9.19. The summed E-state index contributed by atoms with van der Waals surface area (Å²) in [5.74, 6) is 1.96. The molecule has 0 saturated heterocycles. The first-order valence-electron chi connectivity index (χ1n) is 16.2. The number of rotatable bonds is 12. The molecule has 250 valence electrons. The third-order valence-corrected chi connectivity index (χ3v) is 9.19. The summed E-state index contributed by atoms with van der Waals surface area (Å²) in [5.41, 5.74) is 6.42. The summed E-state index contributed by atoms with van der Waals surface area (Å²) in [6.07, 6.45) is 7.58. The van der Waals surface area contributed by atoms with E-state index in [4.69, 9.17) is 14.2 Å². The summed E-state index contributed by atoms with van der Waals surface area (Å²) in [7, 11) is 4.89. The van der Waals surface area contributed by atoms with Crippen LogP contribution in [-0.4, -0.2) is 83.7 Å². The zero-order valence-corrected chi connectivity index (χ0v) is 28.2. The zero-order valence-electron chi connectivity index (χ0n) is 28.2. The summed E-state index contributed by atoms with van der Waals surface area (Å²) in [6.45, 7) is 5.07. The molecule has 0 saturated carbocycles. The van der Waals surface area contributed by atoms with E-state index < -0.39 is 0 Å². The number of hydrogen-bond acceptors (Lipinski definition) is 6. The van der Waals surface area contributed by atoms with Gasteiger partial charge in [-0.2, -0.15) is 0 Å². The monoisotopic (exact) mass is 649 g/mol. The molecule has 1 aliphatic rings. The van der Waals surface area contributed by atoms with Crippen LogP contribution >= 0.6 is 0 Å². The number of benzene rings is 3. The van der Waals surface area contributed by atoms with Crippen LogP contribution in [0, 0.1) is 0 Å². The van der Waals surface area contributed by atoms with E-state index in [1.54, 1.807) is 40.1 Å². The Bertz CT molecular complexity index is 1940. The fourth-order valence-electron chi connectivity index (χ4n) is 6.80. The molecule has 0 unspecified atom stereocenters. The van der Waals surface area contributed by atoms with Gasteiger partial charge in [0.05, 0.1) is 27.4 Å². The van der Waals surface area contributed by atoms with Gasteiger partial charge in [0, 0.05) is 85.9 Å². The van der Waals surface area contributed by atoms with Crippen molar-refractivity contribution in [3.05, 3.63) is 95.8 Å². The number of aromatic nitrogens is 2. The Hall–Kier alpha value is -5.22. The smallest absolute Gasteiger partial charge is 0.234 e. The number of para-hydroxylation sites is 1. The van der Waals surface area contributed by atoms with Gasteiger partial charge in [-0.05, 0) is 65.9 Å². The zero-order chi connectivity index (χ0) is 33.8. The Labute approximate surface area is 280 Å². The number of amides is 2. The lowest BCUT2D eigenvalue weighted by molar-refractivity contribution is -0.155. The molecule has 3 heterocycles. The van der Waals surface area contributed by atoms with Crippen molar-refractivity contribution in [3.8, 4) is 17.2 Å². The van der Waals surface area contributed by atoms with Gasteiger partial charge in [0.25, 0.3) is 0 Å². The molecule has 5 aromatic rings. The van der Waals surface area contributed by atoms with Gasteiger partial charge in [-0.1, -0.05) is 24.3 Å². The molecule has 10 nitrogen and oxygen atoms in total. The predicted octanol–water partition coefficient (Wildman–Crippen LogP) is 6.19. The first kappa shape index (κ1) is 32.7. The molecule has 2 aromatic heterocycles. The van der Waals surface area contributed by atoms with Crippen LogP contribution in [-0.2, 0) is 22.6 Å². The number of nitrogens with zero attached hydrogens (tertiary/aromatic N) is 3. The topological polar surface area (TPSA) is 103 Å². The normalized spacial score (nSPS) is 14.1. The number of carbonyl (C=O) groups is 2. The quantitative estimate of drug-likeness (QED) is 0.167. The Kier molecular flexibility index (Phi) is 9.72. The molecular weight excluding hydrogens is 606 g/mol. The van der Waals surface area contributed by atoms with Crippen LogP contribution in [0.5, 0.6) is 17.2 Å². The minimum Gasteiger partial charge on any atom is -0.497 e. The number of hydrazine groups is 1. The molecule has 1 aliphatic heterocycles. The van der Waals surface area contributed by atoms with Crippen molar-refractivity contribution in [3.63, 3.8) is 0 Å². The molecule has 6 rings (SSSR count). The first-order valence-corrected chi connectivity index (χ1v) is 16.2. The molecule has 10 heteroatoms. The standard InChI is InChI=1S/C38H43N5O5/c1-25(44)41(23-27-16-32(47-4)19-33(17-27)48-5)24-30(18-29-21-39-37-9-7-6-8-34(29)37)43(26(2)45)42-14-12-28(13-15-42)36-22-40-38-11-10-31(46-3)20-35(36)38/h6-12,16-17,19-22,30,39-40H,13-15,18,23-24H2,1-5H3/t30-/m1/s1. The van der Waals surface area contributed by atoms with Crippen LogP contribution in [0.25, 0.3) is 27.4 Å². The van der Waals surface area contributed by atoms with Gasteiger partial charge in [0.1, 0.15) is 17.2 Å². The van der Waals surface area contributed by atoms with E-state index in [9.17, 15) is 9.59 Å². The maximum atomic E-state index is 13.6. The van der Waals surface area contributed by atoms with Crippen molar-refractivity contribution in [1.29, 1.82) is 0 Å². The highest BCUT2D eigenvalue weighted by molar-refractivity contribution is 5.93. The van der Waals surface area contributed by atoms with Gasteiger partial charge in [-0.15, -0.1) is 0 Å². The van der Waals surface area contributed by atoms with Crippen LogP contribution in [0.15, 0.2) is 79.1 Å². The van der Waals surface area contributed by atoms with E-state index in [-0.39, 0.29) is 17.9 Å². The van der Waals surface area contributed by atoms with Crippen LogP contribution < -0.4 is 14.2 Å². The number of H-pyrrole nitrogens is 2. The van der Waals surface area contributed by atoms with Gasteiger partial charge in [-0.25, -0.2) is 5.01 Å². The summed E-state index contributed by atoms with van der Waals surface area (Å²) < 4.78 is 16.5. The molecule has 0 spiro atoms. The maximum absolute atomic E-state index is 13.6. The van der Waals surface area contributed by atoms with Crippen LogP contribution in [0.1, 0.15) is 37.0 Å². The van der Waals surface area contributed by atoms with E-state index in [0.29, 0.717) is 44.1 Å².